The van der Waals surface area contributed by atoms with E-state index in [0.29, 0.717) is 12.8 Å². The van der Waals surface area contributed by atoms with E-state index in [4.69, 9.17) is 24.3 Å². The molecule has 0 aromatic heterocycles. The van der Waals surface area contributed by atoms with E-state index in [-0.39, 0.29) is 32.6 Å². The molecule has 10 heteroatoms. The number of ether oxygens (including phenoxy) is 2. The normalized spacial score (nSPS) is 13.8. The lowest BCUT2D eigenvalue weighted by atomic mass is 10.0. The highest BCUT2D eigenvalue weighted by Gasteiger charge is 2.26. The Morgan fingerprint density at radius 2 is 0.775 bits per heavy atom. The summed E-state index contributed by atoms with van der Waals surface area (Å²) in [4.78, 5) is 35.2. The summed E-state index contributed by atoms with van der Waals surface area (Å²) in [5, 5.41) is 0. The van der Waals surface area contributed by atoms with Gasteiger partial charge in [-0.2, -0.15) is 0 Å². The molecule has 0 aliphatic carbocycles. The number of hydrogen-bond donors (Lipinski definition) is 2. The number of rotatable bonds is 53. The number of esters is 2. The number of carbonyl (C=O) groups excluding carboxylic acids is 2. The van der Waals surface area contributed by atoms with E-state index >= 15 is 0 Å². The Hall–Kier alpha value is -3.07. The average Bonchev–Trinajstić information content (AvgIpc) is 3.36. The minimum atomic E-state index is -4.39. The quantitative estimate of drug-likeness (QED) is 0.0264. The molecule has 9 nitrogen and oxygen atoms in total. The van der Waals surface area contributed by atoms with Crippen LogP contribution in [0.4, 0.5) is 0 Å². The third-order valence-corrected chi connectivity index (χ3v) is 12.9. The van der Waals surface area contributed by atoms with Crippen LogP contribution in [0.25, 0.3) is 0 Å². The predicted octanol–water partition coefficient (Wildman–Crippen LogP) is 18.1. The van der Waals surface area contributed by atoms with Crippen molar-refractivity contribution < 1.29 is 37.6 Å². The van der Waals surface area contributed by atoms with Crippen molar-refractivity contribution in [3.8, 4) is 0 Å². The first-order valence-electron chi connectivity index (χ1n) is 28.7. The minimum absolute atomic E-state index is 0.0478. The lowest BCUT2D eigenvalue weighted by Crippen LogP contribution is -2.29. The van der Waals surface area contributed by atoms with Crippen molar-refractivity contribution in [1.82, 2.24) is 0 Å². The van der Waals surface area contributed by atoms with Crippen LogP contribution in [0.3, 0.4) is 0 Å². The molecule has 2 unspecified atom stereocenters. The molecule has 0 bridgehead atoms. The fourth-order valence-corrected chi connectivity index (χ4v) is 8.49. The molecular weight excluding hydrogens is 906 g/mol. The van der Waals surface area contributed by atoms with Crippen LogP contribution < -0.4 is 5.73 Å². The molecule has 0 amide bonds. The number of carbonyl (C=O) groups is 2. The molecule has 0 saturated heterocycles. The molecule has 408 valence electrons. The third-order valence-electron chi connectivity index (χ3n) is 12.0. The Morgan fingerprint density at radius 3 is 1.15 bits per heavy atom. The summed E-state index contributed by atoms with van der Waals surface area (Å²) < 4.78 is 33.0. The number of nitrogens with two attached hydrogens (primary N) is 1. The first-order chi connectivity index (χ1) is 34.8. The zero-order valence-corrected chi connectivity index (χ0v) is 46.3. The van der Waals surface area contributed by atoms with Gasteiger partial charge in [-0.15, -0.1) is 0 Å². The molecular formula is C61H106NO8P. The lowest BCUT2D eigenvalue weighted by molar-refractivity contribution is -0.161. The highest BCUT2D eigenvalue weighted by atomic mass is 31.2. The van der Waals surface area contributed by atoms with E-state index in [1.54, 1.807) is 0 Å². The van der Waals surface area contributed by atoms with E-state index < -0.39 is 32.5 Å². The van der Waals surface area contributed by atoms with Gasteiger partial charge in [0.25, 0.3) is 0 Å². The summed E-state index contributed by atoms with van der Waals surface area (Å²) in [6.45, 7) is 3.59. The largest absolute Gasteiger partial charge is 0.472 e. The fraction of sp³-hybridized carbons (Fsp3) is 0.705. The smallest absolute Gasteiger partial charge is 0.462 e. The number of phosphoric acid groups is 1. The van der Waals surface area contributed by atoms with Gasteiger partial charge in [0, 0.05) is 19.4 Å². The van der Waals surface area contributed by atoms with Crippen LogP contribution in [0.15, 0.2) is 97.2 Å². The monoisotopic (exact) mass is 1010 g/mol. The van der Waals surface area contributed by atoms with E-state index in [1.807, 2.05) is 0 Å². The van der Waals surface area contributed by atoms with Crippen molar-refractivity contribution >= 4 is 19.8 Å². The summed E-state index contributed by atoms with van der Waals surface area (Å²) in [5.74, 6) is -0.842. The van der Waals surface area contributed by atoms with E-state index in [0.717, 1.165) is 89.9 Å². The van der Waals surface area contributed by atoms with Gasteiger partial charge in [0.1, 0.15) is 6.61 Å². The third kappa shape index (κ3) is 56.1. The molecule has 0 heterocycles. The molecule has 3 N–H and O–H groups in total. The van der Waals surface area contributed by atoms with Gasteiger partial charge >= 0.3 is 19.8 Å². The van der Waals surface area contributed by atoms with Gasteiger partial charge in [-0.05, 0) is 96.3 Å². The van der Waals surface area contributed by atoms with Crippen molar-refractivity contribution in [3.05, 3.63) is 97.2 Å². The minimum Gasteiger partial charge on any atom is -0.462 e. The van der Waals surface area contributed by atoms with E-state index in [1.165, 1.54) is 116 Å². The second kappa shape index (κ2) is 56.2. The van der Waals surface area contributed by atoms with Crippen LogP contribution in [0.2, 0.25) is 0 Å². The zero-order chi connectivity index (χ0) is 51.7. The summed E-state index contributed by atoms with van der Waals surface area (Å²) in [6.07, 6.45) is 74.6. The van der Waals surface area contributed by atoms with E-state index in [2.05, 4.69) is 111 Å². The number of hydrogen-bond acceptors (Lipinski definition) is 8. The molecule has 0 rings (SSSR count). The molecule has 0 radical (unpaired) electrons. The van der Waals surface area contributed by atoms with Gasteiger partial charge in [-0.3, -0.25) is 18.6 Å². The van der Waals surface area contributed by atoms with Crippen LogP contribution in [0.5, 0.6) is 0 Å². The first kappa shape index (κ1) is 67.9. The highest BCUT2D eigenvalue weighted by Crippen LogP contribution is 2.43. The number of allylic oxidation sites excluding steroid dienone is 16. The predicted molar refractivity (Wildman–Crippen MR) is 302 cm³/mol. The molecule has 0 aliphatic heterocycles. The Morgan fingerprint density at radius 1 is 0.437 bits per heavy atom. The average molecular weight is 1010 g/mol. The standard InChI is InChI=1S/C61H106NO8P/c1-3-5-7-9-11-13-15-17-19-21-23-24-25-26-27-28-29-30-31-32-33-34-36-38-40-42-44-46-48-50-52-54-61(64)70-59(58-69-71(65,66)68-56-55-62)57-67-60(63)53-51-49-47-45-43-41-39-37-35-22-20-18-16-14-12-10-8-6-4-2/h5,7,11-14,17-20,23-24,26-27,35,37,59H,3-4,6,8-10,15-16,21-22,25,28-34,36,38-58,62H2,1-2H3,(H,65,66)/b7-5-,13-11-,14-12-,19-17-,20-18-,24-23-,27-26-,37-35-. The molecule has 0 aromatic carbocycles. The molecule has 0 fully saturated rings. The topological polar surface area (TPSA) is 134 Å². The molecule has 0 saturated carbocycles. The van der Waals surface area contributed by atoms with Crippen molar-refractivity contribution in [2.45, 2.75) is 251 Å². The van der Waals surface area contributed by atoms with Crippen molar-refractivity contribution in [2.24, 2.45) is 5.73 Å². The SMILES string of the molecule is CC/C=C\C/C=C\C/C=C\C/C=C\C/C=C\CCCCCCCCCCCCCCCCCC(=O)OC(COC(=O)CCCCCCCC/C=C\C/C=C\C/C=C\CCCCC)COP(=O)(O)OCCN. The maximum Gasteiger partial charge on any atom is 0.472 e. The van der Waals surface area contributed by atoms with Crippen LogP contribution >= 0.6 is 7.82 Å². The molecule has 0 aromatic rings. The van der Waals surface area contributed by atoms with Gasteiger partial charge < -0.3 is 20.1 Å². The first-order valence-corrected chi connectivity index (χ1v) is 30.2. The fourth-order valence-electron chi connectivity index (χ4n) is 7.73. The molecule has 2 atom stereocenters. The summed E-state index contributed by atoms with van der Waals surface area (Å²) >= 11 is 0. The van der Waals surface area contributed by atoms with Crippen LogP contribution in [0.1, 0.15) is 245 Å². The highest BCUT2D eigenvalue weighted by molar-refractivity contribution is 7.47. The van der Waals surface area contributed by atoms with Crippen molar-refractivity contribution in [1.29, 1.82) is 0 Å². The summed E-state index contributed by atoms with van der Waals surface area (Å²) in [5.41, 5.74) is 5.38. The summed E-state index contributed by atoms with van der Waals surface area (Å²) in [7, 11) is -4.39. The van der Waals surface area contributed by atoms with Crippen molar-refractivity contribution in [2.75, 3.05) is 26.4 Å². The number of unbranched alkanes of at least 4 members (excludes halogenated alkanes) is 24. The Bertz CT molecular complexity index is 1480. The van der Waals surface area contributed by atoms with Crippen LogP contribution in [-0.2, 0) is 32.7 Å². The zero-order valence-electron chi connectivity index (χ0n) is 45.4. The van der Waals surface area contributed by atoms with Crippen LogP contribution in [-0.4, -0.2) is 49.3 Å². The lowest BCUT2D eigenvalue weighted by Gasteiger charge is -2.19. The molecule has 71 heavy (non-hydrogen) atoms. The van der Waals surface area contributed by atoms with Crippen molar-refractivity contribution in [3.63, 3.8) is 0 Å². The van der Waals surface area contributed by atoms with Gasteiger partial charge in [0.2, 0.25) is 0 Å². The van der Waals surface area contributed by atoms with Gasteiger partial charge in [-0.25, -0.2) is 4.57 Å². The van der Waals surface area contributed by atoms with Gasteiger partial charge in [0.15, 0.2) is 6.10 Å². The van der Waals surface area contributed by atoms with Crippen LogP contribution in [0, 0.1) is 0 Å². The number of phosphoric ester groups is 1. The summed E-state index contributed by atoms with van der Waals surface area (Å²) in [6, 6.07) is 0. The maximum absolute atomic E-state index is 12.7. The van der Waals surface area contributed by atoms with E-state index in [9.17, 15) is 19.0 Å². The Balaban J connectivity index is 3.98. The maximum atomic E-state index is 12.7. The van der Waals surface area contributed by atoms with Gasteiger partial charge in [-0.1, -0.05) is 233 Å². The Kier molecular flexibility index (Phi) is 53.8. The molecule has 0 spiro atoms. The Labute approximate surface area is 436 Å². The van der Waals surface area contributed by atoms with Gasteiger partial charge in [0.05, 0.1) is 13.2 Å². The molecule has 0 aliphatic rings. The second-order valence-corrected chi connectivity index (χ2v) is 20.2. The second-order valence-electron chi connectivity index (χ2n) is 18.8.